The van der Waals surface area contributed by atoms with Crippen LogP contribution in [0.4, 0.5) is 0 Å². The molecule has 1 aliphatic carbocycles. The molecular formula is C13H20N4O. The average Bonchev–Trinajstić information content (AvgIpc) is 2.75. The van der Waals surface area contributed by atoms with Gasteiger partial charge in [-0.1, -0.05) is 12.8 Å². The monoisotopic (exact) mass is 248 g/mol. The van der Waals surface area contributed by atoms with Crippen molar-refractivity contribution in [1.29, 1.82) is 10.5 Å². The van der Waals surface area contributed by atoms with Gasteiger partial charge >= 0.3 is 0 Å². The van der Waals surface area contributed by atoms with E-state index in [2.05, 4.69) is 0 Å². The highest BCUT2D eigenvalue weighted by Gasteiger charge is 2.33. The quantitative estimate of drug-likeness (QED) is 0.766. The summed E-state index contributed by atoms with van der Waals surface area (Å²) in [6, 6.07) is 4.05. The van der Waals surface area contributed by atoms with Crippen molar-refractivity contribution in [3.63, 3.8) is 0 Å². The third kappa shape index (κ3) is 4.35. The number of nitriles is 2. The highest BCUT2D eigenvalue weighted by Crippen LogP contribution is 2.30. The number of nitrogens with zero attached hydrogens (tertiary/aromatic N) is 3. The van der Waals surface area contributed by atoms with Gasteiger partial charge < -0.3 is 10.6 Å². The van der Waals surface area contributed by atoms with Crippen LogP contribution < -0.4 is 5.73 Å². The molecule has 0 aromatic rings. The van der Waals surface area contributed by atoms with Crippen LogP contribution in [0.3, 0.4) is 0 Å². The second-order valence-electron chi connectivity index (χ2n) is 4.94. The Balaban J connectivity index is 2.52. The van der Waals surface area contributed by atoms with Crippen LogP contribution in [0.5, 0.6) is 0 Å². The normalized spacial score (nSPS) is 16.8. The van der Waals surface area contributed by atoms with Crippen LogP contribution in [-0.4, -0.2) is 29.4 Å². The number of carbonyl (C=O) groups excluding carboxylic acids is 1. The molecule has 0 aromatic heterocycles. The summed E-state index contributed by atoms with van der Waals surface area (Å²) in [5, 5.41) is 17.2. The van der Waals surface area contributed by atoms with Crippen molar-refractivity contribution >= 4 is 5.91 Å². The summed E-state index contributed by atoms with van der Waals surface area (Å²) in [6.45, 7) is 0.792. The summed E-state index contributed by atoms with van der Waals surface area (Å²) in [7, 11) is 0. The van der Waals surface area contributed by atoms with Gasteiger partial charge in [-0.05, 0) is 12.8 Å². The lowest BCUT2D eigenvalue weighted by Crippen LogP contribution is -2.44. The molecule has 18 heavy (non-hydrogen) atoms. The second kappa shape index (κ2) is 6.98. The number of rotatable bonds is 6. The number of hydrogen-bond donors (Lipinski definition) is 1. The molecule has 1 rings (SSSR count). The van der Waals surface area contributed by atoms with Crippen LogP contribution in [0.25, 0.3) is 0 Å². The molecule has 0 aliphatic heterocycles. The summed E-state index contributed by atoms with van der Waals surface area (Å²) in [4.78, 5) is 13.7. The molecule has 5 nitrogen and oxygen atoms in total. The van der Waals surface area contributed by atoms with Gasteiger partial charge in [0, 0.05) is 25.0 Å². The van der Waals surface area contributed by atoms with E-state index in [1.54, 1.807) is 4.90 Å². The van der Waals surface area contributed by atoms with Gasteiger partial charge in [0.15, 0.2) is 0 Å². The number of nitrogens with two attached hydrogens (primary N) is 1. The van der Waals surface area contributed by atoms with Crippen molar-refractivity contribution in [2.24, 2.45) is 5.73 Å². The lowest BCUT2D eigenvalue weighted by Gasteiger charge is -2.27. The minimum absolute atomic E-state index is 0.0232. The molecule has 1 saturated carbocycles. The summed E-state index contributed by atoms with van der Waals surface area (Å²) in [6.07, 6.45) is 4.89. The topological polar surface area (TPSA) is 93.9 Å². The second-order valence-corrected chi connectivity index (χ2v) is 4.94. The molecule has 1 aliphatic rings. The molecule has 0 spiro atoms. The van der Waals surface area contributed by atoms with Crippen LogP contribution in [0, 0.1) is 22.7 Å². The fourth-order valence-electron chi connectivity index (χ4n) is 2.40. The van der Waals surface area contributed by atoms with Crippen molar-refractivity contribution in [3.8, 4) is 12.1 Å². The number of hydrogen-bond acceptors (Lipinski definition) is 4. The first-order chi connectivity index (χ1) is 8.61. The first-order valence-corrected chi connectivity index (χ1v) is 6.42. The Kier molecular flexibility index (Phi) is 5.61. The van der Waals surface area contributed by atoms with E-state index in [0.29, 0.717) is 32.4 Å². The van der Waals surface area contributed by atoms with E-state index in [0.717, 1.165) is 25.7 Å². The molecule has 0 radical (unpaired) electrons. The lowest BCUT2D eigenvalue weighted by atomic mass is 9.94. The van der Waals surface area contributed by atoms with Gasteiger partial charge in [-0.25, -0.2) is 0 Å². The Labute approximate surface area is 108 Å². The van der Waals surface area contributed by atoms with Gasteiger partial charge in [0.2, 0.25) is 5.91 Å². The maximum Gasteiger partial charge on any atom is 0.224 e. The molecule has 5 heteroatoms. The van der Waals surface area contributed by atoms with E-state index in [9.17, 15) is 4.79 Å². The first-order valence-electron chi connectivity index (χ1n) is 6.42. The zero-order valence-corrected chi connectivity index (χ0v) is 10.7. The lowest BCUT2D eigenvalue weighted by molar-refractivity contribution is -0.132. The molecule has 98 valence electrons. The fourth-order valence-corrected chi connectivity index (χ4v) is 2.40. The van der Waals surface area contributed by atoms with Crippen molar-refractivity contribution in [2.45, 2.75) is 50.5 Å². The maximum atomic E-state index is 12.1. The van der Waals surface area contributed by atoms with Crippen molar-refractivity contribution in [1.82, 2.24) is 4.90 Å². The Morgan fingerprint density at radius 3 is 2.11 bits per heavy atom. The maximum absolute atomic E-state index is 12.1. The molecule has 0 saturated heterocycles. The smallest absolute Gasteiger partial charge is 0.224 e. The third-order valence-corrected chi connectivity index (χ3v) is 3.44. The highest BCUT2D eigenvalue weighted by molar-refractivity contribution is 5.77. The molecule has 0 aromatic carbocycles. The molecule has 1 fully saturated rings. The number of amides is 1. The minimum atomic E-state index is -0.366. The average molecular weight is 248 g/mol. The van der Waals surface area contributed by atoms with Crippen LogP contribution in [-0.2, 0) is 4.79 Å². The van der Waals surface area contributed by atoms with E-state index in [-0.39, 0.29) is 11.4 Å². The largest absolute Gasteiger partial charge is 0.341 e. The third-order valence-electron chi connectivity index (χ3n) is 3.44. The van der Waals surface area contributed by atoms with Gasteiger partial charge in [-0.15, -0.1) is 0 Å². The zero-order chi connectivity index (χ0) is 13.4. The Morgan fingerprint density at radius 2 is 1.67 bits per heavy atom. The molecule has 0 bridgehead atoms. The van der Waals surface area contributed by atoms with E-state index < -0.39 is 0 Å². The summed E-state index contributed by atoms with van der Waals surface area (Å²) >= 11 is 0. The summed E-state index contributed by atoms with van der Waals surface area (Å²) in [5.74, 6) is -0.0232. The first kappa shape index (κ1) is 14.5. The summed E-state index contributed by atoms with van der Waals surface area (Å²) in [5.41, 5.74) is 5.81. The number of carbonyl (C=O) groups is 1. The Morgan fingerprint density at radius 1 is 1.17 bits per heavy atom. The van der Waals surface area contributed by atoms with E-state index in [1.165, 1.54) is 0 Å². The molecule has 1 amide bonds. The molecule has 2 N–H and O–H groups in total. The van der Waals surface area contributed by atoms with Gasteiger partial charge in [0.25, 0.3) is 0 Å². The molecule has 0 atom stereocenters. The molecule has 0 unspecified atom stereocenters. The van der Waals surface area contributed by atoms with E-state index >= 15 is 0 Å². The van der Waals surface area contributed by atoms with Crippen LogP contribution in [0.2, 0.25) is 0 Å². The van der Waals surface area contributed by atoms with Gasteiger partial charge in [0.05, 0.1) is 25.0 Å². The van der Waals surface area contributed by atoms with Crippen molar-refractivity contribution in [2.75, 3.05) is 13.1 Å². The summed E-state index contributed by atoms with van der Waals surface area (Å²) < 4.78 is 0. The zero-order valence-electron chi connectivity index (χ0n) is 10.7. The van der Waals surface area contributed by atoms with Gasteiger partial charge in [0.1, 0.15) is 0 Å². The molecular weight excluding hydrogens is 228 g/mol. The standard InChI is InChI=1S/C13H20N4O/c14-7-3-9-17(10-4-8-15)12(18)11-13(16)5-1-2-6-13/h1-6,9-11,16H2. The van der Waals surface area contributed by atoms with Crippen LogP contribution >= 0.6 is 0 Å². The van der Waals surface area contributed by atoms with Crippen molar-refractivity contribution in [3.05, 3.63) is 0 Å². The SMILES string of the molecule is N#CCCN(CCC#N)C(=O)CC1(N)CCCC1. The van der Waals surface area contributed by atoms with Crippen LogP contribution in [0.15, 0.2) is 0 Å². The predicted molar refractivity (Wildman–Crippen MR) is 67.0 cm³/mol. The highest BCUT2D eigenvalue weighted by atomic mass is 16.2. The van der Waals surface area contributed by atoms with Gasteiger partial charge in [-0.2, -0.15) is 10.5 Å². The van der Waals surface area contributed by atoms with Crippen LogP contribution in [0.1, 0.15) is 44.9 Å². The van der Waals surface area contributed by atoms with E-state index in [4.69, 9.17) is 16.3 Å². The fraction of sp³-hybridized carbons (Fsp3) is 0.769. The predicted octanol–water partition coefficient (Wildman–Crippen LogP) is 1.30. The Hall–Kier alpha value is -1.59. The van der Waals surface area contributed by atoms with E-state index in [1.807, 2.05) is 12.1 Å². The van der Waals surface area contributed by atoms with Gasteiger partial charge in [-0.3, -0.25) is 4.79 Å². The minimum Gasteiger partial charge on any atom is -0.341 e. The Bertz CT molecular complexity index is 342. The van der Waals surface area contributed by atoms with Crippen molar-refractivity contribution < 1.29 is 4.79 Å². The molecule has 0 heterocycles.